The highest BCUT2D eigenvalue weighted by Crippen LogP contribution is 2.31. The lowest BCUT2D eigenvalue weighted by molar-refractivity contribution is 0.102. The summed E-state index contributed by atoms with van der Waals surface area (Å²) in [5.41, 5.74) is 2.73. The molecule has 1 fully saturated rings. The van der Waals surface area contributed by atoms with Gasteiger partial charge in [0.15, 0.2) is 0 Å². The zero-order valence-corrected chi connectivity index (χ0v) is 20.6. The number of amides is 2. The molecule has 0 spiro atoms. The number of thiazole rings is 1. The standard InChI is InChI=1S/C25H22N4O5S2/c30-23(26-19-5-3-4-18(16-19)24-27-21-6-1-2-7-22(21)35-24)17-8-10-20(11-9-17)36(33,34)29-14-12-28(13-15-29)25(31)32/h1-11,16H,12-15H2,(H,26,30)(H,31,32). The van der Waals surface area contributed by atoms with Crippen LogP contribution in [0.5, 0.6) is 0 Å². The fourth-order valence-electron chi connectivity index (χ4n) is 3.98. The number of benzene rings is 3. The van der Waals surface area contributed by atoms with Crippen LogP contribution in [0.2, 0.25) is 0 Å². The van der Waals surface area contributed by atoms with E-state index in [0.29, 0.717) is 11.3 Å². The Hall–Kier alpha value is -3.80. The van der Waals surface area contributed by atoms with Gasteiger partial charge in [-0.05, 0) is 48.5 Å². The molecule has 0 radical (unpaired) electrons. The van der Waals surface area contributed by atoms with Crippen LogP contribution in [0.25, 0.3) is 20.8 Å². The summed E-state index contributed by atoms with van der Waals surface area (Å²) >= 11 is 1.57. The van der Waals surface area contributed by atoms with Crippen LogP contribution >= 0.6 is 11.3 Å². The quantitative estimate of drug-likeness (QED) is 0.405. The molecule has 184 valence electrons. The Morgan fingerprint density at radius 1 is 0.917 bits per heavy atom. The van der Waals surface area contributed by atoms with Gasteiger partial charge in [0.25, 0.3) is 5.91 Å². The summed E-state index contributed by atoms with van der Waals surface area (Å²) in [5.74, 6) is -0.365. The lowest BCUT2D eigenvalue weighted by Gasteiger charge is -2.32. The van der Waals surface area contributed by atoms with Crippen LogP contribution in [0.15, 0.2) is 77.7 Å². The molecule has 1 saturated heterocycles. The summed E-state index contributed by atoms with van der Waals surface area (Å²) < 4.78 is 28.2. The smallest absolute Gasteiger partial charge is 0.407 e. The molecule has 2 heterocycles. The third-order valence-electron chi connectivity index (χ3n) is 5.92. The third kappa shape index (κ3) is 4.81. The Labute approximate surface area is 211 Å². The predicted molar refractivity (Wildman–Crippen MR) is 138 cm³/mol. The van der Waals surface area contributed by atoms with E-state index in [1.165, 1.54) is 33.5 Å². The van der Waals surface area contributed by atoms with E-state index in [-0.39, 0.29) is 37.0 Å². The molecule has 3 aromatic carbocycles. The molecular formula is C25H22N4O5S2. The van der Waals surface area contributed by atoms with Gasteiger partial charge in [0.1, 0.15) is 5.01 Å². The first-order chi connectivity index (χ1) is 17.3. The topological polar surface area (TPSA) is 120 Å². The summed E-state index contributed by atoms with van der Waals surface area (Å²) in [7, 11) is -3.78. The van der Waals surface area contributed by atoms with Crippen molar-refractivity contribution >= 4 is 49.3 Å². The summed E-state index contributed by atoms with van der Waals surface area (Å²) in [6.45, 7) is 0.403. The maximum Gasteiger partial charge on any atom is 0.407 e. The molecule has 36 heavy (non-hydrogen) atoms. The molecule has 1 aromatic heterocycles. The summed E-state index contributed by atoms with van der Waals surface area (Å²) in [6, 6.07) is 21.0. The number of nitrogens with one attached hydrogen (secondary N) is 1. The molecule has 0 bridgehead atoms. The first-order valence-electron chi connectivity index (χ1n) is 11.2. The van der Waals surface area contributed by atoms with E-state index >= 15 is 0 Å². The highest BCUT2D eigenvalue weighted by molar-refractivity contribution is 7.89. The van der Waals surface area contributed by atoms with Crippen LogP contribution in [0.4, 0.5) is 10.5 Å². The van der Waals surface area contributed by atoms with E-state index in [1.807, 2.05) is 42.5 Å². The number of rotatable bonds is 5. The number of nitrogens with zero attached hydrogens (tertiary/aromatic N) is 3. The second-order valence-electron chi connectivity index (χ2n) is 8.22. The van der Waals surface area contributed by atoms with Crippen molar-refractivity contribution in [3.8, 4) is 10.6 Å². The Morgan fingerprint density at radius 3 is 2.33 bits per heavy atom. The largest absolute Gasteiger partial charge is 0.465 e. The molecule has 5 rings (SSSR count). The second kappa shape index (κ2) is 9.69. The van der Waals surface area contributed by atoms with Crippen molar-refractivity contribution in [2.24, 2.45) is 0 Å². The number of anilines is 1. The number of carbonyl (C=O) groups excluding carboxylic acids is 1. The lowest BCUT2D eigenvalue weighted by atomic mass is 10.2. The first kappa shape index (κ1) is 23.9. The molecule has 1 aliphatic heterocycles. The zero-order valence-electron chi connectivity index (χ0n) is 19.0. The van der Waals surface area contributed by atoms with Gasteiger partial charge in [0.2, 0.25) is 10.0 Å². The molecule has 1 aliphatic rings. The van der Waals surface area contributed by atoms with Crippen molar-refractivity contribution in [2.45, 2.75) is 4.90 Å². The number of hydrogen-bond acceptors (Lipinski definition) is 6. The number of aromatic nitrogens is 1. The monoisotopic (exact) mass is 522 g/mol. The first-order valence-corrected chi connectivity index (χ1v) is 13.4. The Kier molecular flexibility index (Phi) is 6.44. The van der Waals surface area contributed by atoms with Crippen molar-refractivity contribution in [1.82, 2.24) is 14.2 Å². The Bertz CT molecular complexity index is 1510. The number of carboxylic acid groups (broad SMARTS) is 1. The average molecular weight is 523 g/mol. The minimum absolute atomic E-state index is 0.0562. The van der Waals surface area contributed by atoms with E-state index in [2.05, 4.69) is 10.3 Å². The third-order valence-corrected chi connectivity index (χ3v) is 8.92. The van der Waals surface area contributed by atoms with Crippen LogP contribution in [-0.4, -0.2) is 65.9 Å². The lowest BCUT2D eigenvalue weighted by Crippen LogP contribution is -2.50. The van der Waals surface area contributed by atoms with Crippen LogP contribution in [0.3, 0.4) is 0 Å². The molecule has 0 unspecified atom stereocenters. The van der Waals surface area contributed by atoms with Crippen LogP contribution in [0.1, 0.15) is 10.4 Å². The highest BCUT2D eigenvalue weighted by atomic mass is 32.2. The molecule has 11 heteroatoms. The average Bonchev–Trinajstić information content (AvgIpc) is 3.33. The van der Waals surface area contributed by atoms with Gasteiger partial charge >= 0.3 is 6.09 Å². The zero-order chi connectivity index (χ0) is 25.3. The van der Waals surface area contributed by atoms with Gasteiger partial charge in [-0.15, -0.1) is 11.3 Å². The van der Waals surface area contributed by atoms with Gasteiger partial charge in [0, 0.05) is 43.0 Å². The fraction of sp³-hybridized carbons (Fsp3) is 0.160. The molecule has 2 N–H and O–H groups in total. The number of fused-ring (bicyclic) bond motifs is 1. The van der Waals surface area contributed by atoms with Gasteiger partial charge < -0.3 is 15.3 Å². The molecule has 0 aliphatic carbocycles. The summed E-state index contributed by atoms with van der Waals surface area (Å²) in [5, 5.41) is 12.8. The van der Waals surface area contributed by atoms with E-state index < -0.39 is 16.1 Å². The SMILES string of the molecule is O=C(Nc1cccc(-c2nc3ccccc3s2)c1)c1ccc(S(=O)(=O)N2CCN(C(=O)O)CC2)cc1. The number of sulfonamides is 1. The molecule has 9 nitrogen and oxygen atoms in total. The van der Waals surface area contributed by atoms with E-state index in [4.69, 9.17) is 5.11 Å². The minimum atomic E-state index is -3.78. The molecule has 0 saturated carbocycles. The molecule has 2 amide bonds. The Morgan fingerprint density at radius 2 is 1.64 bits per heavy atom. The van der Waals surface area contributed by atoms with Gasteiger partial charge in [-0.1, -0.05) is 24.3 Å². The van der Waals surface area contributed by atoms with Crippen LogP contribution in [0, 0.1) is 0 Å². The van der Waals surface area contributed by atoms with Crippen molar-refractivity contribution in [3.05, 3.63) is 78.4 Å². The van der Waals surface area contributed by atoms with E-state index in [1.54, 1.807) is 17.4 Å². The van der Waals surface area contributed by atoms with Gasteiger partial charge in [-0.3, -0.25) is 4.79 Å². The minimum Gasteiger partial charge on any atom is -0.465 e. The highest BCUT2D eigenvalue weighted by Gasteiger charge is 2.30. The van der Waals surface area contributed by atoms with E-state index in [0.717, 1.165) is 20.8 Å². The molecular weight excluding hydrogens is 500 g/mol. The Balaban J connectivity index is 1.28. The number of hydrogen-bond donors (Lipinski definition) is 2. The number of piperazine rings is 1. The fourth-order valence-corrected chi connectivity index (χ4v) is 6.36. The van der Waals surface area contributed by atoms with Crippen molar-refractivity contribution in [2.75, 3.05) is 31.5 Å². The number of carbonyl (C=O) groups is 2. The summed E-state index contributed by atoms with van der Waals surface area (Å²) in [4.78, 5) is 29.8. The normalized spacial score (nSPS) is 14.6. The maximum atomic E-state index is 12.9. The van der Waals surface area contributed by atoms with Crippen molar-refractivity contribution in [1.29, 1.82) is 0 Å². The van der Waals surface area contributed by atoms with Crippen molar-refractivity contribution in [3.63, 3.8) is 0 Å². The van der Waals surface area contributed by atoms with Gasteiger partial charge in [-0.2, -0.15) is 4.31 Å². The second-order valence-corrected chi connectivity index (χ2v) is 11.2. The predicted octanol–water partition coefficient (Wildman–Crippen LogP) is 4.20. The van der Waals surface area contributed by atoms with Gasteiger partial charge in [-0.25, -0.2) is 18.2 Å². The van der Waals surface area contributed by atoms with E-state index in [9.17, 15) is 18.0 Å². The number of para-hydroxylation sites is 1. The molecule has 0 atom stereocenters. The van der Waals surface area contributed by atoms with Crippen molar-refractivity contribution < 1.29 is 23.1 Å². The summed E-state index contributed by atoms with van der Waals surface area (Å²) in [6.07, 6.45) is -1.06. The van der Waals surface area contributed by atoms with Crippen LogP contribution < -0.4 is 5.32 Å². The molecule has 4 aromatic rings. The van der Waals surface area contributed by atoms with Crippen LogP contribution in [-0.2, 0) is 10.0 Å². The van der Waals surface area contributed by atoms with Gasteiger partial charge in [0.05, 0.1) is 15.1 Å². The maximum absolute atomic E-state index is 12.9.